The summed E-state index contributed by atoms with van der Waals surface area (Å²) in [6.45, 7) is 5.08. The molecule has 0 amide bonds. The number of nitrogens with one attached hydrogen (secondary N) is 1. The Morgan fingerprint density at radius 1 is 1.15 bits per heavy atom. The first kappa shape index (κ1) is 13.2. The fourth-order valence-electron chi connectivity index (χ4n) is 3.13. The van der Waals surface area contributed by atoms with Crippen LogP contribution in [-0.2, 0) is 0 Å². The molecule has 0 aromatic heterocycles. The van der Waals surface area contributed by atoms with Crippen LogP contribution in [0, 0.1) is 13.8 Å². The second-order valence-corrected chi connectivity index (χ2v) is 5.58. The van der Waals surface area contributed by atoms with Crippen LogP contribution in [0.1, 0.15) is 34.2 Å². The molecule has 1 aliphatic heterocycles. The molecule has 2 heteroatoms. The van der Waals surface area contributed by atoms with Crippen molar-refractivity contribution in [2.75, 3.05) is 13.7 Å². The van der Waals surface area contributed by atoms with Gasteiger partial charge in [-0.05, 0) is 38.1 Å². The molecular formula is C18H21NO. The summed E-state index contributed by atoms with van der Waals surface area (Å²) in [6.07, 6.45) is 0. The number of rotatable bonds is 3. The number of fused-ring (bicyclic) bond motifs is 1. The first-order chi connectivity index (χ1) is 9.70. The standard InChI is InChI=1S/C18H21NO/c1-12-8-9-13(2)15(10-12)18(19-3)16-11-20-17-7-5-4-6-14(16)17/h4-10,16,18-19H,11H2,1-3H3. The number of aryl methyl sites for hydroxylation is 2. The Labute approximate surface area is 120 Å². The molecule has 104 valence electrons. The quantitative estimate of drug-likeness (QED) is 0.914. The van der Waals surface area contributed by atoms with Crippen LogP contribution < -0.4 is 10.1 Å². The van der Waals surface area contributed by atoms with Crippen molar-refractivity contribution in [1.29, 1.82) is 0 Å². The zero-order chi connectivity index (χ0) is 14.1. The van der Waals surface area contributed by atoms with Gasteiger partial charge in [0.05, 0.1) is 6.61 Å². The van der Waals surface area contributed by atoms with Crippen LogP contribution in [0.4, 0.5) is 0 Å². The van der Waals surface area contributed by atoms with E-state index in [2.05, 4.69) is 55.6 Å². The van der Waals surface area contributed by atoms with Crippen molar-refractivity contribution in [3.8, 4) is 5.75 Å². The summed E-state index contributed by atoms with van der Waals surface area (Å²) < 4.78 is 5.85. The fraction of sp³-hybridized carbons (Fsp3) is 0.333. The number of para-hydroxylation sites is 1. The number of likely N-dealkylation sites (N-methyl/N-ethyl adjacent to an activating group) is 1. The second kappa shape index (κ2) is 5.29. The van der Waals surface area contributed by atoms with E-state index in [1.54, 1.807) is 0 Å². The molecule has 1 N–H and O–H groups in total. The lowest BCUT2D eigenvalue weighted by Gasteiger charge is -2.25. The van der Waals surface area contributed by atoms with Crippen molar-refractivity contribution >= 4 is 0 Å². The fourth-order valence-corrected chi connectivity index (χ4v) is 3.13. The third-order valence-electron chi connectivity index (χ3n) is 4.22. The van der Waals surface area contributed by atoms with E-state index in [-0.39, 0.29) is 0 Å². The average molecular weight is 267 g/mol. The van der Waals surface area contributed by atoms with Crippen molar-refractivity contribution in [2.24, 2.45) is 0 Å². The first-order valence-corrected chi connectivity index (χ1v) is 7.17. The van der Waals surface area contributed by atoms with Gasteiger partial charge in [-0.2, -0.15) is 0 Å². The molecule has 2 atom stereocenters. The first-order valence-electron chi connectivity index (χ1n) is 7.17. The summed E-state index contributed by atoms with van der Waals surface area (Å²) >= 11 is 0. The van der Waals surface area contributed by atoms with Crippen molar-refractivity contribution in [3.05, 3.63) is 64.7 Å². The molecule has 20 heavy (non-hydrogen) atoms. The minimum Gasteiger partial charge on any atom is -0.493 e. The number of hydrogen-bond acceptors (Lipinski definition) is 2. The Hall–Kier alpha value is -1.80. The van der Waals surface area contributed by atoms with Crippen molar-refractivity contribution in [1.82, 2.24) is 5.32 Å². The molecule has 2 nitrogen and oxygen atoms in total. The highest BCUT2D eigenvalue weighted by atomic mass is 16.5. The Morgan fingerprint density at radius 3 is 2.75 bits per heavy atom. The molecule has 0 saturated heterocycles. The highest BCUT2D eigenvalue weighted by Gasteiger charge is 2.31. The molecule has 2 aromatic carbocycles. The lowest BCUT2D eigenvalue weighted by atomic mass is 9.86. The van der Waals surface area contributed by atoms with Crippen molar-refractivity contribution < 1.29 is 4.74 Å². The van der Waals surface area contributed by atoms with Crippen LogP contribution in [0.3, 0.4) is 0 Å². The summed E-state index contributed by atoms with van der Waals surface area (Å²) in [6, 6.07) is 15.3. The molecule has 0 saturated carbocycles. The number of hydrogen-bond donors (Lipinski definition) is 1. The molecule has 1 aliphatic rings. The van der Waals surface area contributed by atoms with Gasteiger partial charge in [0, 0.05) is 17.5 Å². The Bertz CT molecular complexity index is 621. The van der Waals surface area contributed by atoms with Gasteiger partial charge in [0.25, 0.3) is 0 Å². The lowest BCUT2D eigenvalue weighted by Crippen LogP contribution is -2.25. The van der Waals surface area contributed by atoms with E-state index in [1.807, 2.05) is 13.1 Å². The molecule has 3 rings (SSSR count). The molecule has 0 bridgehead atoms. The van der Waals surface area contributed by atoms with Gasteiger partial charge >= 0.3 is 0 Å². The Kier molecular flexibility index (Phi) is 3.49. The molecule has 0 fully saturated rings. The lowest BCUT2D eigenvalue weighted by molar-refractivity contribution is 0.304. The van der Waals surface area contributed by atoms with Gasteiger partial charge in [0.2, 0.25) is 0 Å². The van der Waals surface area contributed by atoms with Crippen LogP contribution in [0.2, 0.25) is 0 Å². The smallest absolute Gasteiger partial charge is 0.122 e. The van der Waals surface area contributed by atoms with Crippen LogP contribution >= 0.6 is 0 Å². The zero-order valence-corrected chi connectivity index (χ0v) is 12.3. The predicted octanol–water partition coefficient (Wildman–Crippen LogP) is 3.74. The van der Waals surface area contributed by atoms with E-state index in [0.29, 0.717) is 12.0 Å². The van der Waals surface area contributed by atoms with Crippen LogP contribution in [0.15, 0.2) is 42.5 Å². The summed E-state index contributed by atoms with van der Waals surface area (Å²) in [5.74, 6) is 1.40. The molecular weight excluding hydrogens is 246 g/mol. The van der Waals surface area contributed by atoms with Gasteiger partial charge in [-0.25, -0.2) is 0 Å². The predicted molar refractivity (Wildman–Crippen MR) is 82.4 cm³/mol. The van der Waals surface area contributed by atoms with Crippen LogP contribution in [0.5, 0.6) is 5.75 Å². The van der Waals surface area contributed by atoms with Gasteiger partial charge in [-0.1, -0.05) is 42.0 Å². The molecule has 0 radical (unpaired) electrons. The van der Waals surface area contributed by atoms with Gasteiger partial charge in [0.1, 0.15) is 5.75 Å². The van der Waals surface area contributed by atoms with Gasteiger partial charge in [-0.3, -0.25) is 0 Å². The summed E-state index contributed by atoms with van der Waals surface area (Å²) in [5.41, 5.74) is 5.32. The molecule has 0 aliphatic carbocycles. The van der Waals surface area contributed by atoms with Gasteiger partial charge in [0.15, 0.2) is 0 Å². The van der Waals surface area contributed by atoms with E-state index in [0.717, 1.165) is 12.4 Å². The summed E-state index contributed by atoms with van der Waals surface area (Å²) in [5, 5.41) is 3.49. The maximum absolute atomic E-state index is 5.85. The minimum absolute atomic E-state index is 0.290. The monoisotopic (exact) mass is 267 g/mol. The largest absolute Gasteiger partial charge is 0.493 e. The van der Waals surface area contributed by atoms with E-state index >= 15 is 0 Å². The minimum atomic E-state index is 0.290. The highest BCUT2D eigenvalue weighted by molar-refractivity contribution is 5.43. The normalized spacial score (nSPS) is 18.4. The summed E-state index contributed by atoms with van der Waals surface area (Å²) in [4.78, 5) is 0. The van der Waals surface area contributed by atoms with E-state index < -0.39 is 0 Å². The molecule has 0 spiro atoms. The van der Waals surface area contributed by atoms with Crippen molar-refractivity contribution in [3.63, 3.8) is 0 Å². The topological polar surface area (TPSA) is 21.3 Å². The Morgan fingerprint density at radius 2 is 1.95 bits per heavy atom. The average Bonchev–Trinajstić information content (AvgIpc) is 2.88. The van der Waals surface area contributed by atoms with Gasteiger partial charge < -0.3 is 10.1 Å². The van der Waals surface area contributed by atoms with E-state index in [1.165, 1.54) is 22.3 Å². The molecule has 2 unspecified atom stereocenters. The molecule has 2 aromatic rings. The zero-order valence-electron chi connectivity index (χ0n) is 12.3. The third-order valence-corrected chi connectivity index (χ3v) is 4.22. The van der Waals surface area contributed by atoms with Gasteiger partial charge in [-0.15, -0.1) is 0 Å². The van der Waals surface area contributed by atoms with Crippen LogP contribution in [0.25, 0.3) is 0 Å². The SMILES string of the molecule is CNC(c1cc(C)ccc1C)C1COc2ccccc21. The second-order valence-electron chi connectivity index (χ2n) is 5.58. The maximum Gasteiger partial charge on any atom is 0.122 e. The van der Waals surface area contributed by atoms with E-state index in [9.17, 15) is 0 Å². The van der Waals surface area contributed by atoms with Crippen molar-refractivity contribution in [2.45, 2.75) is 25.8 Å². The number of benzene rings is 2. The number of ether oxygens (including phenoxy) is 1. The Balaban J connectivity index is 2.01. The maximum atomic E-state index is 5.85. The van der Waals surface area contributed by atoms with E-state index in [4.69, 9.17) is 4.74 Å². The van der Waals surface area contributed by atoms with Crippen LogP contribution in [-0.4, -0.2) is 13.7 Å². The highest BCUT2D eigenvalue weighted by Crippen LogP contribution is 2.41. The third kappa shape index (κ3) is 2.20. The molecule has 1 heterocycles. The summed E-state index contributed by atoms with van der Waals surface area (Å²) in [7, 11) is 2.04.